The highest BCUT2D eigenvalue weighted by Crippen LogP contribution is 2.18. The lowest BCUT2D eigenvalue weighted by Crippen LogP contribution is -2.48. The smallest absolute Gasteiger partial charge is 0.410 e. The number of amides is 1. The number of carboxylic acid groups (broad SMARTS) is 1. The van der Waals surface area contributed by atoms with E-state index in [9.17, 15) is 9.59 Å². The van der Waals surface area contributed by atoms with Gasteiger partial charge in [0.1, 0.15) is 6.04 Å². The standard InChI is InChI=1S/C10H17NO4/c1-7(2)15-10(14)11-6-4-3-5-8(11)9(12)13/h7-8H,3-6H2,1-2H3,(H,12,13)/t8-/m1/s1. The van der Waals surface area contributed by atoms with Gasteiger partial charge in [0.15, 0.2) is 0 Å². The molecule has 1 fully saturated rings. The Kier molecular flexibility index (Phi) is 3.94. The second-order valence-corrected chi connectivity index (χ2v) is 3.98. The van der Waals surface area contributed by atoms with E-state index in [1.54, 1.807) is 13.8 Å². The Morgan fingerprint density at radius 3 is 2.60 bits per heavy atom. The molecule has 0 aromatic rings. The van der Waals surface area contributed by atoms with E-state index >= 15 is 0 Å². The van der Waals surface area contributed by atoms with Gasteiger partial charge in [-0.2, -0.15) is 0 Å². The lowest BCUT2D eigenvalue weighted by Gasteiger charge is -2.32. The minimum Gasteiger partial charge on any atom is -0.480 e. The van der Waals surface area contributed by atoms with Gasteiger partial charge in [-0.15, -0.1) is 0 Å². The topological polar surface area (TPSA) is 66.8 Å². The van der Waals surface area contributed by atoms with Crippen LogP contribution in [0.1, 0.15) is 33.1 Å². The average molecular weight is 215 g/mol. The molecule has 1 rings (SSSR count). The second-order valence-electron chi connectivity index (χ2n) is 3.98. The summed E-state index contributed by atoms with van der Waals surface area (Å²) >= 11 is 0. The van der Waals surface area contributed by atoms with Gasteiger partial charge in [0.2, 0.25) is 0 Å². The molecule has 86 valence electrons. The minimum absolute atomic E-state index is 0.214. The fourth-order valence-corrected chi connectivity index (χ4v) is 1.68. The highest BCUT2D eigenvalue weighted by molar-refractivity contribution is 5.80. The number of hydrogen-bond donors (Lipinski definition) is 1. The zero-order valence-corrected chi connectivity index (χ0v) is 9.10. The molecule has 5 nitrogen and oxygen atoms in total. The molecule has 0 unspecified atom stereocenters. The molecule has 0 saturated carbocycles. The van der Waals surface area contributed by atoms with Crippen LogP contribution < -0.4 is 0 Å². The quantitative estimate of drug-likeness (QED) is 0.757. The number of rotatable bonds is 2. The lowest BCUT2D eigenvalue weighted by atomic mass is 10.0. The van der Waals surface area contributed by atoms with Crippen LogP contribution in [0, 0.1) is 0 Å². The van der Waals surface area contributed by atoms with Crippen molar-refractivity contribution in [2.75, 3.05) is 6.54 Å². The van der Waals surface area contributed by atoms with Crippen molar-refractivity contribution in [1.82, 2.24) is 4.90 Å². The number of hydrogen-bond acceptors (Lipinski definition) is 3. The van der Waals surface area contributed by atoms with Gasteiger partial charge in [0.25, 0.3) is 0 Å². The number of aliphatic carboxylic acids is 1. The predicted molar refractivity (Wildman–Crippen MR) is 53.6 cm³/mol. The summed E-state index contributed by atoms with van der Waals surface area (Å²) < 4.78 is 4.99. The molecule has 0 spiro atoms. The Morgan fingerprint density at radius 2 is 2.07 bits per heavy atom. The van der Waals surface area contributed by atoms with Gasteiger partial charge in [-0.1, -0.05) is 0 Å². The van der Waals surface area contributed by atoms with Crippen LogP contribution in [0.4, 0.5) is 4.79 Å². The highest BCUT2D eigenvalue weighted by Gasteiger charge is 2.33. The molecular formula is C10H17NO4. The van der Waals surface area contributed by atoms with Gasteiger partial charge in [0, 0.05) is 6.54 Å². The molecular weight excluding hydrogens is 198 g/mol. The van der Waals surface area contributed by atoms with E-state index in [-0.39, 0.29) is 6.10 Å². The van der Waals surface area contributed by atoms with E-state index in [4.69, 9.17) is 9.84 Å². The van der Waals surface area contributed by atoms with Crippen LogP contribution in [-0.2, 0) is 9.53 Å². The summed E-state index contributed by atoms with van der Waals surface area (Å²) in [5.41, 5.74) is 0. The van der Waals surface area contributed by atoms with Gasteiger partial charge in [-0.25, -0.2) is 9.59 Å². The van der Waals surface area contributed by atoms with E-state index in [0.29, 0.717) is 13.0 Å². The van der Waals surface area contributed by atoms with E-state index in [1.807, 2.05) is 0 Å². The summed E-state index contributed by atoms with van der Waals surface area (Å²) in [6.45, 7) is 3.97. The Labute approximate surface area is 89.0 Å². The molecule has 0 aliphatic carbocycles. The second kappa shape index (κ2) is 5.00. The van der Waals surface area contributed by atoms with Gasteiger partial charge in [0.05, 0.1) is 6.10 Å². The van der Waals surface area contributed by atoms with Crippen molar-refractivity contribution >= 4 is 12.1 Å². The first kappa shape index (κ1) is 11.8. The minimum atomic E-state index is -0.949. The van der Waals surface area contributed by atoms with Crippen LogP contribution in [0.3, 0.4) is 0 Å². The molecule has 0 radical (unpaired) electrons. The number of ether oxygens (including phenoxy) is 1. The maximum Gasteiger partial charge on any atom is 0.410 e. The van der Waals surface area contributed by atoms with Crippen molar-refractivity contribution in [2.45, 2.75) is 45.3 Å². The van der Waals surface area contributed by atoms with Gasteiger partial charge >= 0.3 is 12.1 Å². The molecule has 15 heavy (non-hydrogen) atoms. The van der Waals surface area contributed by atoms with Crippen molar-refractivity contribution in [3.8, 4) is 0 Å². The summed E-state index contributed by atoms with van der Waals surface area (Å²) in [4.78, 5) is 23.8. The van der Waals surface area contributed by atoms with Crippen LogP contribution in [0.2, 0.25) is 0 Å². The Bertz CT molecular complexity index is 252. The molecule has 0 aromatic carbocycles. The molecule has 0 aromatic heterocycles. The van der Waals surface area contributed by atoms with E-state index in [0.717, 1.165) is 12.8 Å². The number of piperidine rings is 1. The van der Waals surface area contributed by atoms with Crippen LogP contribution in [0.5, 0.6) is 0 Å². The van der Waals surface area contributed by atoms with Gasteiger partial charge in [-0.05, 0) is 33.1 Å². The van der Waals surface area contributed by atoms with Gasteiger partial charge in [-0.3, -0.25) is 4.90 Å². The molecule has 0 bridgehead atoms. The molecule has 1 atom stereocenters. The first-order chi connectivity index (χ1) is 7.02. The van der Waals surface area contributed by atoms with E-state index in [1.165, 1.54) is 4.90 Å². The summed E-state index contributed by atoms with van der Waals surface area (Å²) in [6.07, 6.45) is 1.48. The van der Waals surface area contributed by atoms with E-state index < -0.39 is 18.1 Å². The first-order valence-corrected chi connectivity index (χ1v) is 5.22. The monoisotopic (exact) mass is 215 g/mol. The SMILES string of the molecule is CC(C)OC(=O)N1CCCC[C@@H]1C(=O)O. The third-order valence-corrected chi connectivity index (χ3v) is 2.36. The van der Waals surface area contributed by atoms with Crippen LogP contribution in [0.25, 0.3) is 0 Å². The zero-order valence-electron chi connectivity index (χ0n) is 9.10. The fourth-order valence-electron chi connectivity index (χ4n) is 1.68. The van der Waals surface area contributed by atoms with Crippen molar-refractivity contribution in [2.24, 2.45) is 0 Å². The Morgan fingerprint density at radius 1 is 1.40 bits per heavy atom. The Balaban J connectivity index is 2.63. The molecule has 1 saturated heterocycles. The summed E-state index contributed by atoms with van der Waals surface area (Å²) in [5, 5.41) is 8.94. The number of carbonyl (C=O) groups is 2. The summed E-state index contributed by atoms with van der Waals surface area (Å²) in [5.74, 6) is -0.949. The lowest BCUT2D eigenvalue weighted by molar-refractivity contribution is -0.144. The van der Waals surface area contributed by atoms with Gasteiger partial charge < -0.3 is 9.84 Å². The number of carbonyl (C=O) groups excluding carboxylic acids is 1. The number of likely N-dealkylation sites (tertiary alicyclic amines) is 1. The highest BCUT2D eigenvalue weighted by atomic mass is 16.6. The maximum absolute atomic E-state index is 11.6. The largest absolute Gasteiger partial charge is 0.480 e. The first-order valence-electron chi connectivity index (χ1n) is 5.22. The normalized spacial score (nSPS) is 21.5. The van der Waals surface area contributed by atoms with Crippen LogP contribution in [-0.4, -0.2) is 40.8 Å². The zero-order chi connectivity index (χ0) is 11.4. The van der Waals surface area contributed by atoms with Crippen molar-refractivity contribution in [1.29, 1.82) is 0 Å². The maximum atomic E-state index is 11.6. The Hall–Kier alpha value is -1.26. The molecule has 1 N–H and O–H groups in total. The molecule has 1 heterocycles. The van der Waals surface area contributed by atoms with Crippen LogP contribution >= 0.6 is 0 Å². The van der Waals surface area contributed by atoms with Crippen molar-refractivity contribution in [3.63, 3.8) is 0 Å². The van der Waals surface area contributed by atoms with E-state index in [2.05, 4.69) is 0 Å². The molecule has 1 amide bonds. The average Bonchev–Trinajstić information content (AvgIpc) is 2.16. The fraction of sp³-hybridized carbons (Fsp3) is 0.800. The third kappa shape index (κ3) is 3.11. The van der Waals surface area contributed by atoms with Crippen molar-refractivity contribution in [3.05, 3.63) is 0 Å². The molecule has 1 aliphatic heterocycles. The summed E-state index contributed by atoms with van der Waals surface area (Å²) in [7, 11) is 0. The third-order valence-electron chi connectivity index (χ3n) is 2.36. The summed E-state index contributed by atoms with van der Waals surface area (Å²) in [6, 6.07) is -0.718. The number of nitrogens with zero attached hydrogens (tertiary/aromatic N) is 1. The molecule has 5 heteroatoms. The number of carboxylic acids is 1. The van der Waals surface area contributed by atoms with Crippen LogP contribution in [0.15, 0.2) is 0 Å². The molecule has 1 aliphatic rings. The van der Waals surface area contributed by atoms with Crippen molar-refractivity contribution < 1.29 is 19.4 Å². The predicted octanol–water partition coefficient (Wildman–Crippen LogP) is 1.47.